The Bertz CT molecular complexity index is 642. The summed E-state index contributed by atoms with van der Waals surface area (Å²) < 4.78 is 80.8. The summed E-state index contributed by atoms with van der Waals surface area (Å²) in [6, 6.07) is 1.03. The van der Waals surface area contributed by atoms with Crippen LogP contribution in [0.2, 0.25) is 0 Å². The Kier molecular flexibility index (Phi) is 4.95. The zero-order valence-electron chi connectivity index (χ0n) is 10.9. The van der Waals surface area contributed by atoms with Crippen LogP contribution < -0.4 is 4.72 Å². The van der Waals surface area contributed by atoms with Crippen LogP contribution in [0.5, 0.6) is 0 Å². The van der Waals surface area contributed by atoms with Gasteiger partial charge in [-0.25, -0.2) is 17.5 Å². The minimum absolute atomic E-state index is 0.0405. The van der Waals surface area contributed by atoms with Crippen LogP contribution in [0.25, 0.3) is 0 Å². The summed E-state index contributed by atoms with van der Waals surface area (Å²) in [5, 5.41) is 0. The highest BCUT2D eigenvalue weighted by Crippen LogP contribution is 2.34. The van der Waals surface area contributed by atoms with E-state index in [4.69, 9.17) is 0 Å². The maximum Gasteiger partial charge on any atom is 0.417 e. The normalized spacial score (nSPS) is 13.8. The lowest BCUT2D eigenvalue weighted by atomic mass is 10.2. The van der Waals surface area contributed by atoms with E-state index in [-0.39, 0.29) is 6.07 Å². The number of nitrogens with one attached hydrogen (secondary N) is 1. The van der Waals surface area contributed by atoms with Crippen molar-refractivity contribution < 1.29 is 35.5 Å². The molecular weight excluding hydrogens is 318 g/mol. The molecule has 0 aliphatic carbocycles. The molecule has 0 unspecified atom stereocenters. The van der Waals surface area contributed by atoms with Crippen LogP contribution in [-0.4, -0.2) is 27.5 Å². The first kappa shape index (κ1) is 17.4. The third-order valence-corrected chi connectivity index (χ3v) is 3.90. The molecular formula is C11H11F4NO4S. The first-order valence-corrected chi connectivity index (χ1v) is 6.93. The lowest BCUT2D eigenvalue weighted by Crippen LogP contribution is -2.38. The Hall–Kier alpha value is -1.68. The van der Waals surface area contributed by atoms with Crippen LogP contribution in [0.15, 0.2) is 23.1 Å². The zero-order valence-corrected chi connectivity index (χ0v) is 11.7. The van der Waals surface area contributed by atoms with E-state index >= 15 is 0 Å². The number of ether oxygens (including phenoxy) is 1. The number of methoxy groups -OCH3 is 1. The summed E-state index contributed by atoms with van der Waals surface area (Å²) in [5.74, 6) is -2.40. The summed E-state index contributed by atoms with van der Waals surface area (Å²) in [6.45, 7) is 1.21. The second kappa shape index (κ2) is 5.98. The molecule has 1 rings (SSSR count). The van der Waals surface area contributed by atoms with Crippen molar-refractivity contribution >= 4 is 15.9 Å². The van der Waals surface area contributed by atoms with Gasteiger partial charge in [-0.1, -0.05) is 0 Å². The quantitative estimate of drug-likeness (QED) is 0.853. The standard InChI is InChI=1S/C11H11F4NO4S/c1-6(20-2)10(17)16-21(18,19)9-4-3-7(12)5-8(9)11(13,14)15/h3-6H,1-2H3,(H,16,17)/t6-/m0/s1. The van der Waals surface area contributed by atoms with Gasteiger partial charge in [0, 0.05) is 7.11 Å². The molecule has 0 bridgehead atoms. The van der Waals surface area contributed by atoms with E-state index in [9.17, 15) is 30.8 Å². The van der Waals surface area contributed by atoms with Gasteiger partial charge >= 0.3 is 6.18 Å². The first-order valence-electron chi connectivity index (χ1n) is 5.45. The lowest BCUT2D eigenvalue weighted by molar-refractivity contribution is -0.140. The largest absolute Gasteiger partial charge is 0.417 e. The Labute approximate surface area is 118 Å². The van der Waals surface area contributed by atoms with Crippen molar-refractivity contribution in [2.24, 2.45) is 0 Å². The van der Waals surface area contributed by atoms with Gasteiger partial charge in [-0.05, 0) is 25.1 Å². The van der Waals surface area contributed by atoms with Gasteiger partial charge in [0.1, 0.15) is 11.9 Å². The minimum atomic E-state index is -5.10. The molecule has 0 aliphatic heterocycles. The average Bonchev–Trinajstić information content (AvgIpc) is 2.35. The molecule has 118 valence electrons. The highest BCUT2D eigenvalue weighted by Gasteiger charge is 2.38. The zero-order chi connectivity index (χ0) is 16.4. The summed E-state index contributed by atoms with van der Waals surface area (Å²) in [6.07, 6.45) is -6.28. The highest BCUT2D eigenvalue weighted by molar-refractivity contribution is 7.90. The van der Waals surface area contributed by atoms with E-state index in [1.54, 1.807) is 0 Å². The van der Waals surface area contributed by atoms with Crippen LogP contribution in [0.3, 0.4) is 0 Å². The molecule has 0 spiro atoms. The highest BCUT2D eigenvalue weighted by atomic mass is 32.2. The maximum atomic E-state index is 12.9. The number of alkyl halides is 3. The number of benzene rings is 1. The Balaban J connectivity index is 3.30. The molecule has 21 heavy (non-hydrogen) atoms. The smallest absolute Gasteiger partial charge is 0.372 e. The third kappa shape index (κ3) is 4.14. The van der Waals surface area contributed by atoms with Crippen molar-refractivity contribution in [3.63, 3.8) is 0 Å². The summed E-state index contributed by atoms with van der Waals surface area (Å²) in [4.78, 5) is 10.2. The van der Waals surface area contributed by atoms with Crippen LogP contribution in [0.4, 0.5) is 17.6 Å². The van der Waals surface area contributed by atoms with E-state index in [0.717, 1.165) is 7.11 Å². The molecule has 0 aliphatic rings. The van der Waals surface area contributed by atoms with Crippen molar-refractivity contribution in [1.82, 2.24) is 4.72 Å². The van der Waals surface area contributed by atoms with E-state index in [1.807, 2.05) is 0 Å². The Morgan fingerprint density at radius 2 is 1.90 bits per heavy atom. The number of carbonyl (C=O) groups is 1. The van der Waals surface area contributed by atoms with Crippen molar-refractivity contribution in [3.8, 4) is 0 Å². The van der Waals surface area contributed by atoms with Gasteiger partial charge in [-0.2, -0.15) is 13.2 Å². The second-order valence-corrected chi connectivity index (χ2v) is 5.64. The fourth-order valence-electron chi connectivity index (χ4n) is 1.34. The van der Waals surface area contributed by atoms with Crippen LogP contribution in [0.1, 0.15) is 12.5 Å². The molecule has 1 atom stereocenters. The molecule has 1 aromatic carbocycles. The molecule has 10 heteroatoms. The predicted molar refractivity (Wildman–Crippen MR) is 63.2 cm³/mol. The Morgan fingerprint density at radius 1 is 1.33 bits per heavy atom. The van der Waals surface area contributed by atoms with Crippen molar-refractivity contribution in [2.45, 2.75) is 24.1 Å². The third-order valence-electron chi connectivity index (χ3n) is 2.49. The van der Waals surface area contributed by atoms with Crippen LogP contribution in [-0.2, 0) is 25.7 Å². The fourth-order valence-corrected chi connectivity index (χ4v) is 2.59. The molecule has 0 saturated heterocycles. The molecule has 0 saturated carbocycles. The van der Waals surface area contributed by atoms with E-state index in [1.165, 1.54) is 11.6 Å². The summed E-state index contributed by atoms with van der Waals surface area (Å²) >= 11 is 0. The Morgan fingerprint density at radius 3 is 2.38 bits per heavy atom. The first-order chi connectivity index (χ1) is 9.49. The number of hydrogen-bond acceptors (Lipinski definition) is 4. The van der Waals surface area contributed by atoms with Crippen molar-refractivity contribution in [1.29, 1.82) is 0 Å². The van der Waals surface area contributed by atoms with Gasteiger partial charge < -0.3 is 4.74 Å². The molecule has 0 fully saturated rings. The average molecular weight is 329 g/mol. The topological polar surface area (TPSA) is 72.5 Å². The number of hydrogen-bond donors (Lipinski definition) is 1. The maximum absolute atomic E-state index is 12.9. The predicted octanol–water partition coefficient (Wildman–Crippen LogP) is 1.68. The van der Waals surface area contributed by atoms with Crippen molar-refractivity contribution in [3.05, 3.63) is 29.6 Å². The summed E-state index contributed by atoms with van der Waals surface area (Å²) in [5.41, 5.74) is -1.70. The number of carbonyl (C=O) groups excluding carboxylic acids is 1. The van der Waals surface area contributed by atoms with Gasteiger partial charge in [0.25, 0.3) is 15.9 Å². The molecule has 0 aromatic heterocycles. The van der Waals surface area contributed by atoms with E-state index in [2.05, 4.69) is 4.74 Å². The van der Waals surface area contributed by atoms with E-state index in [0.29, 0.717) is 12.1 Å². The number of halogens is 4. The molecule has 1 amide bonds. The van der Waals surface area contributed by atoms with Gasteiger partial charge in [0.05, 0.1) is 10.5 Å². The van der Waals surface area contributed by atoms with Crippen LogP contribution in [0, 0.1) is 5.82 Å². The number of rotatable bonds is 4. The van der Waals surface area contributed by atoms with Gasteiger partial charge in [0.2, 0.25) is 0 Å². The minimum Gasteiger partial charge on any atom is -0.372 e. The fraction of sp³-hybridized carbons (Fsp3) is 0.364. The molecule has 1 N–H and O–H groups in total. The molecule has 0 radical (unpaired) electrons. The van der Waals surface area contributed by atoms with E-state index < -0.39 is 44.5 Å². The second-order valence-electron chi connectivity index (χ2n) is 3.99. The van der Waals surface area contributed by atoms with Gasteiger partial charge in [-0.15, -0.1) is 0 Å². The monoisotopic (exact) mass is 329 g/mol. The van der Waals surface area contributed by atoms with Crippen molar-refractivity contribution in [2.75, 3.05) is 7.11 Å². The summed E-state index contributed by atoms with van der Waals surface area (Å²) in [7, 11) is -3.69. The van der Waals surface area contributed by atoms with Crippen LogP contribution >= 0.6 is 0 Å². The number of amides is 1. The molecule has 0 heterocycles. The number of sulfonamides is 1. The van der Waals surface area contributed by atoms with Gasteiger partial charge in [0.15, 0.2) is 0 Å². The van der Waals surface area contributed by atoms with Gasteiger partial charge in [-0.3, -0.25) is 4.79 Å². The lowest BCUT2D eigenvalue weighted by Gasteiger charge is -2.15. The SMILES string of the molecule is CO[C@@H](C)C(=O)NS(=O)(=O)c1ccc(F)cc1C(F)(F)F. The molecule has 1 aromatic rings. The molecule has 5 nitrogen and oxygen atoms in total.